The van der Waals surface area contributed by atoms with Crippen molar-refractivity contribution in [1.82, 2.24) is 0 Å². The van der Waals surface area contributed by atoms with Gasteiger partial charge in [0.25, 0.3) is 0 Å². The van der Waals surface area contributed by atoms with Gasteiger partial charge in [0.15, 0.2) is 11.6 Å². The summed E-state index contributed by atoms with van der Waals surface area (Å²) in [4.78, 5) is 0. The average molecular weight is 366 g/mol. The van der Waals surface area contributed by atoms with Crippen molar-refractivity contribution in [1.29, 1.82) is 0 Å². The summed E-state index contributed by atoms with van der Waals surface area (Å²) in [5.74, 6) is -0.674. The molecule has 26 heavy (non-hydrogen) atoms. The summed E-state index contributed by atoms with van der Waals surface area (Å²) < 4.78 is 55.1. The van der Waals surface area contributed by atoms with Gasteiger partial charge in [-0.1, -0.05) is 50.1 Å². The number of aryl methyl sites for hydroxylation is 1. The number of halogens is 4. The van der Waals surface area contributed by atoms with Crippen molar-refractivity contribution >= 4 is 0 Å². The van der Waals surface area contributed by atoms with E-state index in [-0.39, 0.29) is 18.4 Å². The molecule has 0 radical (unpaired) electrons. The first kappa shape index (κ1) is 20.0. The normalized spacial score (nSPS) is 11.9. The number of unbranched alkanes of at least 4 members (excludes halogenated alkanes) is 2. The quantitative estimate of drug-likeness (QED) is 0.286. The van der Waals surface area contributed by atoms with Crippen LogP contribution >= 0.6 is 0 Å². The number of allylic oxidation sites excluding steroid dienone is 1. The second-order valence-corrected chi connectivity index (χ2v) is 6.05. The van der Waals surface area contributed by atoms with E-state index in [1.165, 1.54) is 30.5 Å². The number of ether oxygens (including phenoxy) is 1. The molecular weight excluding hydrogens is 344 g/mol. The first-order chi connectivity index (χ1) is 12.4. The van der Waals surface area contributed by atoms with E-state index in [2.05, 4.69) is 6.92 Å². The number of hydrogen-bond donors (Lipinski definition) is 0. The average Bonchev–Trinajstić information content (AvgIpc) is 2.60. The Morgan fingerprint density at radius 1 is 0.962 bits per heavy atom. The second kappa shape index (κ2) is 9.41. The zero-order valence-corrected chi connectivity index (χ0v) is 14.7. The minimum absolute atomic E-state index is 0.0708. The SMILES string of the molecule is CCCCCc1ccc(-c2ccc(OC/C=C/C(F)(F)F)c(F)c2)cc1. The van der Waals surface area contributed by atoms with Crippen LogP contribution < -0.4 is 4.74 Å². The molecule has 0 aliphatic heterocycles. The van der Waals surface area contributed by atoms with Crippen molar-refractivity contribution in [2.45, 2.75) is 38.8 Å². The molecule has 0 unspecified atom stereocenters. The van der Waals surface area contributed by atoms with Crippen LogP contribution in [0, 0.1) is 5.82 Å². The van der Waals surface area contributed by atoms with Gasteiger partial charge in [-0.3, -0.25) is 0 Å². The molecule has 140 valence electrons. The topological polar surface area (TPSA) is 9.23 Å². The van der Waals surface area contributed by atoms with Crippen LogP contribution in [-0.2, 0) is 6.42 Å². The Labute approximate surface area is 151 Å². The summed E-state index contributed by atoms with van der Waals surface area (Å²) in [5, 5.41) is 0. The Bertz CT molecular complexity index is 718. The van der Waals surface area contributed by atoms with E-state index in [1.807, 2.05) is 24.3 Å². The Morgan fingerprint density at radius 3 is 2.27 bits per heavy atom. The summed E-state index contributed by atoms with van der Waals surface area (Å²) in [5.41, 5.74) is 2.83. The molecular formula is C21H22F4O. The third-order valence-electron chi connectivity index (χ3n) is 3.93. The zero-order valence-electron chi connectivity index (χ0n) is 14.7. The van der Waals surface area contributed by atoms with Crippen LogP contribution in [0.3, 0.4) is 0 Å². The van der Waals surface area contributed by atoms with Gasteiger partial charge in [0.2, 0.25) is 0 Å². The zero-order chi connectivity index (χ0) is 19.0. The van der Waals surface area contributed by atoms with E-state index in [4.69, 9.17) is 4.74 Å². The van der Waals surface area contributed by atoms with Crippen LogP contribution in [0.5, 0.6) is 5.75 Å². The van der Waals surface area contributed by atoms with Crippen LogP contribution in [0.4, 0.5) is 17.6 Å². The van der Waals surface area contributed by atoms with Crippen molar-refractivity contribution in [3.8, 4) is 16.9 Å². The van der Waals surface area contributed by atoms with E-state index >= 15 is 0 Å². The maximum Gasteiger partial charge on any atom is 0.409 e. The highest BCUT2D eigenvalue weighted by Gasteiger charge is 2.21. The van der Waals surface area contributed by atoms with E-state index in [0.717, 1.165) is 24.5 Å². The summed E-state index contributed by atoms with van der Waals surface area (Å²) in [6, 6.07) is 12.4. The fourth-order valence-electron chi connectivity index (χ4n) is 2.56. The van der Waals surface area contributed by atoms with Crippen molar-refractivity contribution in [3.05, 3.63) is 66.0 Å². The molecule has 0 atom stereocenters. The van der Waals surface area contributed by atoms with Gasteiger partial charge in [0, 0.05) is 6.08 Å². The lowest BCUT2D eigenvalue weighted by molar-refractivity contribution is -0.0801. The molecule has 0 saturated heterocycles. The number of hydrogen-bond acceptors (Lipinski definition) is 1. The van der Waals surface area contributed by atoms with Crippen LogP contribution in [-0.4, -0.2) is 12.8 Å². The van der Waals surface area contributed by atoms with Gasteiger partial charge in [-0.05, 0) is 47.7 Å². The second-order valence-electron chi connectivity index (χ2n) is 6.05. The highest BCUT2D eigenvalue weighted by Crippen LogP contribution is 2.26. The van der Waals surface area contributed by atoms with Crippen LogP contribution in [0.2, 0.25) is 0 Å². The number of alkyl halides is 3. The third-order valence-corrected chi connectivity index (χ3v) is 3.93. The summed E-state index contributed by atoms with van der Waals surface area (Å²) in [6.07, 6.45) is 1.05. The van der Waals surface area contributed by atoms with Crippen LogP contribution in [0.15, 0.2) is 54.6 Å². The largest absolute Gasteiger partial charge is 0.486 e. The first-order valence-electron chi connectivity index (χ1n) is 8.65. The fraction of sp³-hybridized carbons (Fsp3) is 0.333. The Hall–Kier alpha value is -2.30. The van der Waals surface area contributed by atoms with Crippen molar-refractivity contribution in [2.75, 3.05) is 6.61 Å². The Morgan fingerprint density at radius 2 is 1.65 bits per heavy atom. The predicted molar refractivity (Wildman–Crippen MR) is 95.8 cm³/mol. The Balaban J connectivity index is 1.99. The number of benzene rings is 2. The molecule has 0 aliphatic rings. The molecule has 0 aromatic heterocycles. The van der Waals surface area contributed by atoms with Gasteiger partial charge in [-0.25, -0.2) is 4.39 Å². The maximum absolute atomic E-state index is 14.1. The van der Waals surface area contributed by atoms with Crippen molar-refractivity contribution < 1.29 is 22.3 Å². The summed E-state index contributed by atoms with van der Waals surface area (Å²) >= 11 is 0. The smallest absolute Gasteiger partial charge is 0.409 e. The molecule has 0 heterocycles. The first-order valence-corrected chi connectivity index (χ1v) is 8.65. The molecule has 0 bridgehead atoms. The molecule has 2 aromatic carbocycles. The number of rotatable bonds is 8. The standard InChI is InChI=1S/C21H22F4O/c1-2-3-4-6-16-7-9-17(10-8-16)18-11-12-20(19(22)15-18)26-14-5-13-21(23,24)25/h5,7-13,15H,2-4,6,14H2,1H3/b13-5+. The van der Waals surface area contributed by atoms with Gasteiger partial charge < -0.3 is 4.74 Å². The maximum atomic E-state index is 14.1. The molecule has 1 nitrogen and oxygen atoms in total. The molecule has 0 fully saturated rings. The van der Waals surface area contributed by atoms with E-state index in [9.17, 15) is 17.6 Å². The predicted octanol–water partition coefficient (Wildman–Crippen LogP) is 6.72. The molecule has 0 saturated carbocycles. The highest BCUT2D eigenvalue weighted by atomic mass is 19.4. The van der Waals surface area contributed by atoms with Crippen LogP contribution in [0.25, 0.3) is 11.1 Å². The van der Waals surface area contributed by atoms with Gasteiger partial charge in [0.05, 0.1) is 0 Å². The Kier molecular flexibility index (Phi) is 7.25. The lowest BCUT2D eigenvalue weighted by Crippen LogP contribution is -2.03. The lowest BCUT2D eigenvalue weighted by Gasteiger charge is -2.08. The highest BCUT2D eigenvalue weighted by molar-refractivity contribution is 5.64. The molecule has 0 amide bonds. The van der Waals surface area contributed by atoms with E-state index in [1.54, 1.807) is 6.07 Å². The van der Waals surface area contributed by atoms with Gasteiger partial charge in [-0.15, -0.1) is 0 Å². The van der Waals surface area contributed by atoms with Crippen molar-refractivity contribution in [3.63, 3.8) is 0 Å². The minimum atomic E-state index is -4.39. The monoisotopic (exact) mass is 366 g/mol. The third kappa shape index (κ3) is 6.54. The van der Waals surface area contributed by atoms with E-state index in [0.29, 0.717) is 5.56 Å². The molecule has 0 aliphatic carbocycles. The van der Waals surface area contributed by atoms with Crippen molar-refractivity contribution in [2.24, 2.45) is 0 Å². The summed E-state index contributed by atoms with van der Waals surface area (Å²) in [7, 11) is 0. The van der Waals surface area contributed by atoms with E-state index < -0.39 is 12.0 Å². The molecule has 2 aromatic rings. The molecule has 0 N–H and O–H groups in total. The molecule has 0 spiro atoms. The van der Waals surface area contributed by atoms with Gasteiger partial charge >= 0.3 is 6.18 Å². The summed E-state index contributed by atoms with van der Waals surface area (Å²) in [6.45, 7) is 1.82. The van der Waals surface area contributed by atoms with Crippen LogP contribution in [0.1, 0.15) is 31.7 Å². The molecule has 5 heteroatoms. The minimum Gasteiger partial charge on any atom is -0.486 e. The molecule has 2 rings (SSSR count). The van der Waals surface area contributed by atoms with Gasteiger partial charge in [-0.2, -0.15) is 13.2 Å². The fourth-order valence-corrected chi connectivity index (χ4v) is 2.56. The lowest BCUT2D eigenvalue weighted by atomic mass is 10.0. The van der Waals surface area contributed by atoms with Gasteiger partial charge in [0.1, 0.15) is 6.61 Å².